The highest BCUT2D eigenvalue weighted by atomic mass is 32.1. The fourth-order valence-corrected chi connectivity index (χ4v) is 6.28. The van der Waals surface area contributed by atoms with Gasteiger partial charge in [-0.05, 0) is 67.7 Å². The molecule has 1 aromatic heterocycles. The number of nitrogens with zero attached hydrogens (tertiary/aromatic N) is 3. The molecule has 0 radical (unpaired) electrons. The first-order valence-corrected chi connectivity index (χ1v) is 15.7. The van der Waals surface area contributed by atoms with Gasteiger partial charge in [0.2, 0.25) is 0 Å². The molecule has 0 bridgehead atoms. The fourth-order valence-electron chi connectivity index (χ4n) is 5.23. The van der Waals surface area contributed by atoms with Gasteiger partial charge in [0.15, 0.2) is 16.3 Å². The van der Waals surface area contributed by atoms with Crippen molar-refractivity contribution in [3.8, 4) is 17.6 Å². The molecule has 0 fully saturated rings. The maximum Gasteiger partial charge on any atom is 0.338 e. The standard InChI is InChI=1S/C36H35N3O5S/c1-6-42-30-18-24(12-17-29(30)44-21-28-11-9-8-10-27(28)20-37)19-31-34(40)39-33(26-15-13-25(14-16-26)22(3)4)32(35(41)43-7-2)23(5)38-36(39)45-31/h8-19,22,33H,6-7,21H2,1-5H3/b31-19+/t33-/m0/s1. The van der Waals surface area contributed by atoms with Gasteiger partial charge in [0.05, 0.1) is 46.7 Å². The first-order valence-electron chi connectivity index (χ1n) is 14.9. The fraction of sp³-hybridized carbons (Fsp3) is 0.278. The van der Waals surface area contributed by atoms with Crippen molar-refractivity contribution in [2.75, 3.05) is 13.2 Å². The zero-order valence-corrected chi connectivity index (χ0v) is 26.8. The number of thiazole rings is 1. The normalized spacial score (nSPS) is 14.5. The summed E-state index contributed by atoms with van der Waals surface area (Å²) in [5.41, 5.74) is 4.67. The summed E-state index contributed by atoms with van der Waals surface area (Å²) in [5.74, 6) is 0.912. The Bertz CT molecular complexity index is 1980. The van der Waals surface area contributed by atoms with Crippen LogP contribution in [0.3, 0.4) is 0 Å². The third-order valence-corrected chi connectivity index (χ3v) is 8.51. The number of carbonyl (C=O) groups excluding carboxylic acids is 1. The highest BCUT2D eigenvalue weighted by Gasteiger charge is 2.33. The molecule has 0 saturated heterocycles. The van der Waals surface area contributed by atoms with Gasteiger partial charge in [-0.25, -0.2) is 9.79 Å². The molecule has 0 aliphatic carbocycles. The first kappa shape index (κ1) is 31.5. The van der Waals surface area contributed by atoms with Gasteiger partial charge in [0.25, 0.3) is 5.56 Å². The van der Waals surface area contributed by atoms with Gasteiger partial charge in [-0.1, -0.05) is 73.7 Å². The van der Waals surface area contributed by atoms with Crippen molar-refractivity contribution in [1.29, 1.82) is 5.26 Å². The molecular weight excluding hydrogens is 586 g/mol. The summed E-state index contributed by atoms with van der Waals surface area (Å²) < 4.78 is 19.4. The molecule has 0 saturated carbocycles. The zero-order valence-electron chi connectivity index (χ0n) is 26.0. The van der Waals surface area contributed by atoms with E-state index in [1.807, 2.05) is 61.5 Å². The zero-order chi connectivity index (χ0) is 32.1. The molecule has 9 heteroatoms. The Morgan fingerprint density at radius 2 is 1.80 bits per heavy atom. The SMILES string of the molecule is CCOC(=O)C1=C(C)N=c2s/c(=C/c3ccc(OCc4ccccc4C#N)c(OCC)c3)c(=O)n2[C@H]1c1ccc(C(C)C)cc1. The van der Waals surface area contributed by atoms with Crippen molar-refractivity contribution in [2.24, 2.45) is 4.99 Å². The number of carbonyl (C=O) groups is 1. The molecule has 2 heterocycles. The van der Waals surface area contributed by atoms with Crippen LogP contribution in [-0.2, 0) is 16.1 Å². The molecule has 8 nitrogen and oxygen atoms in total. The number of nitriles is 1. The summed E-state index contributed by atoms with van der Waals surface area (Å²) >= 11 is 1.27. The van der Waals surface area contributed by atoms with E-state index in [2.05, 4.69) is 24.9 Å². The predicted molar refractivity (Wildman–Crippen MR) is 174 cm³/mol. The maximum atomic E-state index is 14.0. The van der Waals surface area contributed by atoms with Crippen molar-refractivity contribution in [1.82, 2.24) is 4.57 Å². The monoisotopic (exact) mass is 621 g/mol. The van der Waals surface area contributed by atoms with Crippen LogP contribution in [-0.4, -0.2) is 23.8 Å². The molecule has 0 amide bonds. The molecule has 45 heavy (non-hydrogen) atoms. The van der Waals surface area contributed by atoms with Crippen molar-refractivity contribution in [3.05, 3.63) is 126 Å². The van der Waals surface area contributed by atoms with Gasteiger partial charge in [0, 0.05) is 5.56 Å². The lowest BCUT2D eigenvalue weighted by Gasteiger charge is -2.25. The van der Waals surface area contributed by atoms with Gasteiger partial charge < -0.3 is 14.2 Å². The smallest absolute Gasteiger partial charge is 0.338 e. The largest absolute Gasteiger partial charge is 0.490 e. The third-order valence-electron chi connectivity index (χ3n) is 7.52. The van der Waals surface area contributed by atoms with E-state index in [0.717, 1.165) is 22.3 Å². The summed E-state index contributed by atoms with van der Waals surface area (Å²) in [7, 11) is 0. The van der Waals surface area contributed by atoms with E-state index in [1.54, 1.807) is 36.6 Å². The minimum absolute atomic E-state index is 0.210. The summed E-state index contributed by atoms with van der Waals surface area (Å²) in [6.07, 6.45) is 1.80. The molecule has 0 N–H and O–H groups in total. The Balaban J connectivity index is 1.55. The molecular formula is C36H35N3O5S. The van der Waals surface area contributed by atoms with Crippen molar-refractivity contribution < 1.29 is 19.0 Å². The quantitative estimate of drug-likeness (QED) is 0.208. The van der Waals surface area contributed by atoms with E-state index in [0.29, 0.717) is 50.2 Å². The number of aromatic nitrogens is 1. The van der Waals surface area contributed by atoms with Crippen LogP contribution in [0.15, 0.2) is 87.8 Å². The average Bonchev–Trinajstić information content (AvgIpc) is 3.34. The van der Waals surface area contributed by atoms with Gasteiger partial charge >= 0.3 is 5.97 Å². The molecule has 1 aliphatic rings. The van der Waals surface area contributed by atoms with Crippen LogP contribution in [0.1, 0.15) is 74.4 Å². The van der Waals surface area contributed by atoms with Crippen LogP contribution < -0.4 is 24.4 Å². The molecule has 5 rings (SSSR count). The minimum atomic E-state index is -0.672. The van der Waals surface area contributed by atoms with E-state index < -0.39 is 12.0 Å². The second kappa shape index (κ2) is 13.8. The number of ether oxygens (including phenoxy) is 3. The lowest BCUT2D eigenvalue weighted by molar-refractivity contribution is -0.139. The Labute approximate surface area is 266 Å². The molecule has 3 aromatic carbocycles. The van der Waals surface area contributed by atoms with E-state index in [9.17, 15) is 14.9 Å². The number of allylic oxidation sites excluding steroid dienone is 1. The second-order valence-corrected chi connectivity index (χ2v) is 11.8. The van der Waals surface area contributed by atoms with Gasteiger partial charge in [-0.3, -0.25) is 9.36 Å². The Morgan fingerprint density at radius 3 is 2.49 bits per heavy atom. The highest BCUT2D eigenvalue weighted by Crippen LogP contribution is 2.32. The first-order chi connectivity index (χ1) is 21.7. The summed E-state index contributed by atoms with van der Waals surface area (Å²) in [6.45, 7) is 10.5. The number of esters is 1. The van der Waals surface area contributed by atoms with Crippen LogP contribution >= 0.6 is 11.3 Å². The van der Waals surface area contributed by atoms with E-state index >= 15 is 0 Å². The molecule has 230 valence electrons. The number of rotatable bonds is 10. The van der Waals surface area contributed by atoms with Crippen molar-refractivity contribution in [2.45, 2.75) is 53.2 Å². The molecule has 0 spiro atoms. The third kappa shape index (κ3) is 6.61. The lowest BCUT2D eigenvalue weighted by Crippen LogP contribution is -2.39. The van der Waals surface area contributed by atoms with E-state index in [-0.39, 0.29) is 18.8 Å². The van der Waals surface area contributed by atoms with Crippen LogP contribution in [0.2, 0.25) is 0 Å². The van der Waals surface area contributed by atoms with Crippen LogP contribution in [0.4, 0.5) is 0 Å². The number of benzene rings is 3. The molecule has 0 unspecified atom stereocenters. The lowest BCUT2D eigenvalue weighted by atomic mass is 9.93. The number of hydrogen-bond acceptors (Lipinski definition) is 8. The van der Waals surface area contributed by atoms with E-state index in [4.69, 9.17) is 14.2 Å². The van der Waals surface area contributed by atoms with Crippen LogP contribution in [0, 0.1) is 11.3 Å². The Hall–Kier alpha value is -4.94. The Morgan fingerprint density at radius 1 is 1.04 bits per heavy atom. The molecule has 1 aliphatic heterocycles. The highest BCUT2D eigenvalue weighted by molar-refractivity contribution is 7.07. The maximum absolute atomic E-state index is 14.0. The average molecular weight is 622 g/mol. The van der Waals surface area contributed by atoms with E-state index in [1.165, 1.54) is 11.3 Å². The van der Waals surface area contributed by atoms with Gasteiger partial charge in [0.1, 0.15) is 6.61 Å². The molecule has 4 aromatic rings. The summed E-state index contributed by atoms with van der Waals surface area (Å²) in [4.78, 5) is 32.4. The Kier molecular flexibility index (Phi) is 9.65. The van der Waals surface area contributed by atoms with Gasteiger partial charge in [-0.2, -0.15) is 5.26 Å². The summed E-state index contributed by atoms with van der Waals surface area (Å²) in [5, 5.41) is 9.41. The van der Waals surface area contributed by atoms with Crippen molar-refractivity contribution >= 4 is 23.4 Å². The second-order valence-electron chi connectivity index (χ2n) is 10.8. The topological polar surface area (TPSA) is 103 Å². The van der Waals surface area contributed by atoms with Crippen LogP contribution in [0.25, 0.3) is 6.08 Å². The minimum Gasteiger partial charge on any atom is -0.490 e. The summed E-state index contributed by atoms with van der Waals surface area (Å²) in [6, 6.07) is 22.3. The number of fused-ring (bicyclic) bond motifs is 1. The predicted octanol–water partition coefficient (Wildman–Crippen LogP) is 5.77. The van der Waals surface area contributed by atoms with Crippen LogP contribution in [0.5, 0.6) is 11.5 Å². The number of hydrogen-bond donors (Lipinski definition) is 0. The molecule has 1 atom stereocenters. The van der Waals surface area contributed by atoms with Gasteiger partial charge in [-0.15, -0.1) is 0 Å². The van der Waals surface area contributed by atoms with Crippen molar-refractivity contribution in [3.63, 3.8) is 0 Å².